The van der Waals surface area contributed by atoms with Gasteiger partial charge in [0, 0.05) is 49.2 Å². The largest absolute Gasteiger partial charge is 0.356 e. The highest BCUT2D eigenvalue weighted by Crippen LogP contribution is 2.39. The molecule has 162 valence electrons. The molecule has 1 aliphatic carbocycles. The maximum atomic E-state index is 13.1. The van der Waals surface area contributed by atoms with Crippen LogP contribution in [0, 0.1) is 0 Å². The lowest BCUT2D eigenvalue weighted by Gasteiger charge is -2.34. The lowest BCUT2D eigenvalue weighted by atomic mass is 9.91. The van der Waals surface area contributed by atoms with E-state index < -0.39 is 19.0 Å². The number of carbonyl (C=O) groups excluding carboxylic acids is 1. The number of hydrogen-bond acceptors (Lipinski definition) is 6. The summed E-state index contributed by atoms with van der Waals surface area (Å²) < 4.78 is 25.4. The maximum Gasteiger partial charge on any atom is 0.252 e. The first-order chi connectivity index (χ1) is 14.9. The van der Waals surface area contributed by atoms with E-state index in [9.17, 15) is 18.8 Å². The van der Waals surface area contributed by atoms with Gasteiger partial charge in [-0.25, -0.2) is 13.8 Å². The zero-order valence-electron chi connectivity index (χ0n) is 16.9. The van der Waals surface area contributed by atoms with Gasteiger partial charge in [-0.2, -0.15) is 0 Å². The Morgan fingerprint density at radius 2 is 1.90 bits per heavy atom. The molecule has 0 spiro atoms. The molecule has 0 saturated heterocycles. The van der Waals surface area contributed by atoms with Gasteiger partial charge in [0.05, 0.1) is 29.5 Å². The van der Waals surface area contributed by atoms with Crippen LogP contribution in [0.15, 0.2) is 54.9 Å². The zero-order valence-corrected chi connectivity index (χ0v) is 16.9. The topological polar surface area (TPSA) is 84.5 Å². The molecule has 2 aromatic heterocycles. The van der Waals surface area contributed by atoms with Crippen molar-refractivity contribution in [1.29, 1.82) is 0 Å². The van der Waals surface area contributed by atoms with Gasteiger partial charge in [0.2, 0.25) is 0 Å². The number of benzene rings is 1. The third-order valence-corrected chi connectivity index (χ3v) is 5.31. The molecule has 2 heterocycles. The van der Waals surface area contributed by atoms with E-state index in [4.69, 9.17) is 0 Å². The van der Waals surface area contributed by atoms with Gasteiger partial charge in [-0.05, 0) is 24.3 Å². The first kappa shape index (κ1) is 21.1. The first-order valence-electron chi connectivity index (χ1n) is 9.92. The van der Waals surface area contributed by atoms with Gasteiger partial charge in [0.15, 0.2) is 5.78 Å². The van der Waals surface area contributed by atoms with Gasteiger partial charge >= 0.3 is 0 Å². The Hall–Kier alpha value is -3.14. The molecule has 7 nitrogen and oxygen atoms in total. The minimum atomic E-state index is -2.60. The van der Waals surface area contributed by atoms with E-state index in [0.29, 0.717) is 23.4 Å². The molecular weight excluding hydrogens is 404 g/mol. The number of para-hydroxylation sites is 1. The Morgan fingerprint density at radius 1 is 1.19 bits per heavy atom. The summed E-state index contributed by atoms with van der Waals surface area (Å²) in [7, 11) is 1.37. The Bertz CT molecular complexity index is 1040. The number of halogens is 2. The molecule has 3 aromatic rings. The number of ketones is 1. The van der Waals surface area contributed by atoms with Crippen molar-refractivity contribution in [3.05, 3.63) is 66.1 Å². The predicted molar refractivity (Wildman–Crippen MR) is 112 cm³/mol. The van der Waals surface area contributed by atoms with E-state index in [1.54, 1.807) is 12.4 Å². The third-order valence-electron chi connectivity index (χ3n) is 5.31. The molecule has 1 atom stereocenters. The van der Waals surface area contributed by atoms with Crippen molar-refractivity contribution in [2.24, 2.45) is 0 Å². The Morgan fingerprint density at radius 3 is 2.58 bits per heavy atom. The van der Waals surface area contributed by atoms with Crippen LogP contribution in [0.1, 0.15) is 22.5 Å². The second kappa shape index (κ2) is 8.93. The van der Waals surface area contributed by atoms with Gasteiger partial charge in [-0.15, -0.1) is 5.17 Å². The summed E-state index contributed by atoms with van der Waals surface area (Å²) in [5.74, 6) is -0.175. The minimum Gasteiger partial charge on any atom is -0.356 e. The number of carbonyl (C=O) groups is 1. The number of pyridine rings is 1. The Labute approximate surface area is 178 Å². The fraction of sp³-hybridized carbons (Fsp3) is 0.273. The number of hydroxylamine groups is 1. The number of Topliss-reactive ketones (excluding diaryl/α,β-unsaturated/α-hetero) is 1. The fourth-order valence-corrected chi connectivity index (χ4v) is 3.89. The van der Waals surface area contributed by atoms with Crippen LogP contribution in [0.4, 0.5) is 20.2 Å². The average Bonchev–Trinajstić information content (AvgIpc) is 3.12. The van der Waals surface area contributed by atoms with E-state index in [2.05, 4.69) is 15.3 Å². The number of nitrogens with one attached hydrogen (secondary N) is 2. The monoisotopic (exact) mass is 427 g/mol. The number of aromatic amines is 1. The number of rotatable bonds is 7. The molecule has 31 heavy (non-hydrogen) atoms. The fourth-order valence-electron chi connectivity index (χ4n) is 3.89. The average molecular weight is 427 g/mol. The Kier molecular flexibility index (Phi) is 6.08. The lowest BCUT2D eigenvalue weighted by Crippen LogP contribution is -2.49. The summed E-state index contributed by atoms with van der Waals surface area (Å²) in [5.41, 5.74) is 4.24. The molecule has 9 heteroatoms. The maximum absolute atomic E-state index is 13.1. The molecule has 4 rings (SSSR count). The molecule has 0 saturated carbocycles. The summed E-state index contributed by atoms with van der Waals surface area (Å²) >= 11 is 0. The predicted octanol–water partition coefficient (Wildman–Crippen LogP) is 4.12. The van der Waals surface area contributed by atoms with Crippen LogP contribution >= 0.6 is 0 Å². The van der Waals surface area contributed by atoms with Crippen LogP contribution in [0.2, 0.25) is 0 Å². The molecule has 0 bridgehead atoms. The number of alkyl halides is 2. The van der Waals surface area contributed by atoms with Crippen molar-refractivity contribution >= 4 is 17.2 Å². The highest BCUT2D eigenvalue weighted by Gasteiger charge is 2.35. The summed E-state index contributed by atoms with van der Waals surface area (Å²) in [5, 5.41) is 15.5. The number of H-pyrrole nitrogens is 1. The number of aromatic nitrogens is 2. The van der Waals surface area contributed by atoms with Crippen molar-refractivity contribution in [3.8, 4) is 11.3 Å². The van der Waals surface area contributed by atoms with Crippen molar-refractivity contribution in [2.45, 2.75) is 25.3 Å². The molecule has 1 aliphatic rings. The summed E-state index contributed by atoms with van der Waals surface area (Å²) in [6.07, 6.45) is 1.05. The second-order valence-electron chi connectivity index (χ2n) is 7.49. The van der Waals surface area contributed by atoms with Crippen LogP contribution in [-0.2, 0) is 6.42 Å². The standard InChI is InChI=1S/C22H23F2N5O2/c1-28(13-19(23)24)29(31)16-11-17-20(18(30)12-16)22(26-15-5-3-2-4-6-15)21(27-17)14-7-9-25-10-8-14/h2-10,16,19,26-27,31H,11-13H2,1H3. The SMILES string of the molecule is CN(CC(F)F)N(O)C1CC(=O)c2c([nH]c(-c3ccncc3)c2Nc2ccccc2)C1. The molecule has 3 N–H and O–H groups in total. The van der Waals surface area contributed by atoms with Gasteiger partial charge in [-0.1, -0.05) is 18.2 Å². The van der Waals surface area contributed by atoms with E-state index in [1.165, 1.54) is 7.05 Å². The molecule has 0 fully saturated rings. The van der Waals surface area contributed by atoms with E-state index in [-0.39, 0.29) is 12.2 Å². The summed E-state index contributed by atoms with van der Waals surface area (Å²) in [4.78, 5) is 20.5. The van der Waals surface area contributed by atoms with Crippen molar-refractivity contribution in [3.63, 3.8) is 0 Å². The van der Waals surface area contributed by atoms with E-state index >= 15 is 0 Å². The van der Waals surface area contributed by atoms with Gasteiger partial charge < -0.3 is 10.3 Å². The quantitative estimate of drug-likeness (QED) is 0.492. The van der Waals surface area contributed by atoms with E-state index in [0.717, 1.165) is 27.1 Å². The number of hydrazine groups is 1. The Balaban J connectivity index is 1.71. The van der Waals surface area contributed by atoms with Crippen LogP contribution in [-0.4, -0.2) is 57.2 Å². The van der Waals surface area contributed by atoms with Gasteiger partial charge in [0.25, 0.3) is 6.43 Å². The molecule has 0 aliphatic heterocycles. The number of nitrogens with zero attached hydrogens (tertiary/aromatic N) is 3. The van der Waals surface area contributed by atoms with Crippen LogP contribution < -0.4 is 5.32 Å². The normalized spacial score (nSPS) is 16.2. The van der Waals surface area contributed by atoms with E-state index in [1.807, 2.05) is 42.5 Å². The molecule has 1 unspecified atom stereocenters. The number of fused-ring (bicyclic) bond motifs is 1. The lowest BCUT2D eigenvalue weighted by molar-refractivity contribution is -0.268. The minimum absolute atomic E-state index is 0.00812. The molecule has 0 radical (unpaired) electrons. The first-order valence-corrected chi connectivity index (χ1v) is 9.92. The third kappa shape index (κ3) is 4.48. The van der Waals surface area contributed by atoms with Crippen molar-refractivity contribution in [1.82, 2.24) is 20.1 Å². The van der Waals surface area contributed by atoms with Crippen molar-refractivity contribution < 1.29 is 18.8 Å². The van der Waals surface area contributed by atoms with Crippen LogP contribution in [0.5, 0.6) is 0 Å². The van der Waals surface area contributed by atoms with Crippen molar-refractivity contribution in [2.75, 3.05) is 18.9 Å². The smallest absolute Gasteiger partial charge is 0.252 e. The van der Waals surface area contributed by atoms with Crippen LogP contribution in [0.3, 0.4) is 0 Å². The zero-order chi connectivity index (χ0) is 22.0. The highest BCUT2D eigenvalue weighted by atomic mass is 19.3. The van der Waals surface area contributed by atoms with Crippen LogP contribution in [0.25, 0.3) is 11.3 Å². The van der Waals surface area contributed by atoms with Gasteiger partial charge in [-0.3, -0.25) is 15.0 Å². The molecular formula is C22H23F2N5O2. The summed E-state index contributed by atoms with van der Waals surface area (Å²) in [6.45, 7) is -0.623. The molecule has 0 amide bonds. The molecule has 1 aromatic carbocycles. The number of hydrogen-bond donors (Lipinski definition) is 3. The van der Waals surface area contributed by atoms with Gasteiger partial charge in [0.1, 0.15) is 0 Å². The summed E-state index contributed by atoms with van der Waals surface area (Å²) in [6, 6.07) is 12.5. The second-order valence-corrected chi connectivity index (χ2v) is 7.49. The number of anilines is 2. The highest BCUT2D eigenvalue weighted by molar-refractivity contribution is 6.07.